The Labute approximate surface area is 241 Å². The standard InChI is InChI=1S/C15H25F2NO2.C10H13N3O2.C2H2F3NO/c1-10-8-18(9-14(10,3)4)13(19)5-11(2)20-12-6-15(16,17)7-12;11-5-8(12-6-14)3-7-4-10(1-2-10)13-9(7)15;3-2(4,5)1(6)7/h10-12H,5-9H2,1-4H3;6-8H,1-4H2,(H,12,14)(H,13,15);(H2,6,7)/t10?,11-;;/m1../s1. The van der Waals surface area contributed by atoms with Crippen molar-refractivity contribution in [2.24, 2.45) is 23.0 Å². The van der Waals surface area contributed by atoms with Gasteiger partial charge in [-0.25, -0.2) is 8.78 Å². The Kier molecular flexibility index (Phi) is 11.3. The highest BCUT2D eigenvalue weighted by Gasteiger charge is 2.52. The topological polar surface area (TPSA) is 155 Å². The summed E-state index contributed by atoms with van der Waals surface area (Å²) in [6, 6.07) is 1.43. The third kappa shape index (κ3) is 10.4. The third-order valence-electron chi connectivity index (χ3n) is 8.19. The number of nitrogens with zero attached hydrogens (tertiary/aromatic N) is 2. The maximum Gasteiger partial charge on any atom is 0.470 e. The van der Waals surface area contributed by atoms with Gasteiger partial charge >= 0.3 is 12.1 Å². The largest absolute Gasteiger partial charge is 0.470 e. The first-order chi connectivity index (χ1) is 19.2. The predicted molar refractivity (Wildman–Crippen MR) is 139 cm³/mol. The van der Waals surface area contributed by atoms with Gasteiger partial charge in [0.15, 0.2) is 0 Å². The van der Waals surface area contributed by atoms with Gasteiger partial charge in [0.1, 0.15) is 6.04 Å². The van der Waals surface area contributed by atoms with Crippen LogP contribution < -0.4 is 16.4 Å². The van der Waals surface area contributed by atoms with Crippen LogP contribution in [0.15, 0.2) is 0 Å². The molecular formula is C27H40F5N5O5. The molecule has 2 heterocycles. The van der Waals surface area contributed by atoms with Gasteiger partial charge in [0.05, 0.1) is 24.7 Å². The van der Waals surface area contributed by atoms with Crippen LogP contribution >= 0.6 is 0 Å². The Morgan fingerprint density at radius 3 is 2.21 bits per heavy atom. The molecule has 1 spiro atoms. The van der Waals surface area contributed by atoms with Crippen LogP contribution in [-0.4, -0.2) is 78.0 Å². The van der Waals surface area contributed by atoms with Crippen molar-refractivity contribution in [3.05, 3.63) is 0 Å². The number of carbonyl (C=O) groups excluding carboxylic acids is 4. The van der Waals surface area contributed by atoms with Gasteiger partial charge in [0.2, 0.25) is 18.2 Å². The first-order valence-corrected chi connectivity index (χ1v) is 13.8. The Hall–Kier alpha value is -3.02. The number of hydrogen-bond acceptors (Lipinski definition) is 6. The maximum absolute atomic E-state index is 12.7. The van der Waals surface area contributed by atoms with E-state index >= 15 is 0 Å². The average Bonchev–Trinajstić information content (AvgIpc) is 3.43. The predicted octanol–water partition coefficient (Wildman–Crippen LogP) is 2.80. The van der Waals surface area contributed by atoms with Crippen molar-refractivity contribution in [1.82, 2.24) is 15.5 Å². The van der Waals surface area contributed by atoms with E-state index in [-0.39, 0.29) is 60.2 Å². The lowest BCUT2D eigenvalue weighted by Crippen LogP contribution is -2.43. The summed E-state index contributed by atoms with van der Waals surface area (Å²) in [4.78, 5) is 45.0. The Bertz CT molecular complexity index is 1040. The number of hydrogen-bond donors (Lipinski definition) is 3. The van der Waals surface area contributed by atoms with E-state index in [2.05, 4.69) is 37.1 Å². The lowest BCUT2D eigenvalue weighted by Gasteiger charge is -2.36. The number of likely N-dealkylation sites (tertiary alicyclic amines) is 1. The summed E-state index contributed by atoms with van der Waals surface area (Å²) in [6.07, 6.45) is -1.84. The molecule has 0 aromatic rings. The number of carbonyl (C=O) groups is 4. The van der Waals surface area contributed by atoms with E-state index in [1.807, 2.05) is 11.0 Å². The molecule has 15 heteroatoms. The van der Waals surface area contributed by atoms with Crippen molar-refractivity contribution >= 4 is 24.1 Å². The highest BCUT2D eigenvalue weighted by atomic mass is 19.4. The van der Waals surface area contributed by atoms with Crippen LogP contribution in [0, 0.1) is 28.6 Å². The number of amides is 4. The number of nitrogens with two attached hydrogens (primary N) is 1. The van der Waals surface area contributed by atoms with Crippen LogP contribution in [0.5, 0.6) is 0 Å². The Morgan fingerprint density at radius 2 is 1.83 bits per heavy atom. The fourth-order valence-electron chi connectivity index (χ4n) is 5.11. The molecule has 4 amide bonds. The van der Waals surface area contributed by atoms with Gasteiger partial charge in [-0.15, -0.1) is 0 Å². The third-order valence-corrected chi connectivity index (χ3v) is 8.19. The van der Waals surface area contributed by atoms with Crippen LogP contribution in [0.1, 0.15) is 72.6 Å². The molecule has 2 aliphatic carbocycles. The van der Waals surface area contributed by atoms with Crippen LogP contribution in [0.3, 0.4) is 0 Å². The molecule has 0 aromatic heterocycles. The molecular weight excluding hydrogens is 569 g/mol. The zero-order chi connectivity index (χ0) is 32.1. The highest BCUT2D eigenvalue weighted by Crippen LogP contribution is 2.46. The fourth-order valence-corrected chi connectivity index (χ4v) is 5.11. The summed E-state index contributed by atoms with van der Waals surface area (Å²) >= 11 is 0. The molecule has 4 fully saturated rings. The first-order valence-electron chi connectivity index (χ1n) is 13.8. The molecule has 238 valence electrons. The molecule has 2 saturated heterocycles. The first kappa shape index (κ1) is 35.2. The monoisotopic (exact) mass is 609 g/mol. The summed E-state index contributed by atoms with van der Waals surface area (Å²) in [5, 5.41) is 14.1. The molecule has 2 aliphatic heterocycles. The van der Waals surface area contributed by atoms with Gasteiger partial charge in [0.25, 0.3) is 5.92 Å². The summed E-state index contributed by atoms with van der Waals surface area (Å²) in [5.41, 5.74) is 4.00. The van der Waals surface area contributed by atoms with Gasteiger partial charge in [0, 0.05) is 37.4 Å². The van der Waals surface area contributed by atoms with Gasteiger partial charge in [-0.2, -0.15) is 18.4 Å². The van der Waals surface area contributed by atoms with E-state index in [1.165, 1.54) is 0 Å². The van der Waals surface area contributed by atoms with Gasteiger partial charge in [-0.05, 0) is 43.9 Å². The number of primary amides is 1. The Balaban J connectivity index is 0.000000246. The minimum absolute atomic E-state index is 0.0282. The number of nitriles is 1. The second-order valence-corrected chi connectivity index (χ2v) is 12.4. The smallest absolute Gasteiger partial charge is 0.374 e. The molecule has 0 radical (unpaired) electrons. The van der Waals surface area contributed by atoms with E-state index in [9.17, 15) is 36.3 Å². The lowest BCUT2D eigenvalue weighted by atomic mass is 9.84. The lowest BCUT2D eigenvalue weighted by molar-refractivity contribution is -0.181. The Morgan fingerprint density at radius 1 is 1.26 bits per heavy atom. The number of rotatable bonds is 8. The molecule has 3 unspecified atom stereocenters. The molecule has 0 bridgehead atoms. The molecule has 42 heavy (non-hydrogen) atoms. The molecule has 4 N–H and O–H groups in total. The minimum atomic E-state index is -4.86. The zero-order valence-corrected chi connectivity index (χ0v) is 24.2. The maximum atomic E-state index is 12.7. The summed E-state index contributed by atoms with van der Waals surface area (Å²) in [5.74, 6) is -4.37. The van der Waals surface area contributed by atoms with E-state index < -0.39 is 24.0 Å². The minimum Gasteiger partial charge on any atom is -0.374 e. The number of nitrogens with one attached hydrogen (secondary N) is 2. The molecule has 0 aromatic carbocycles. The van der Waals surface area contributed by atoms with Crippen molar-refractivity contribution in [3.8, 4) is 6.07 Å². The SMILES string of the molecule is CC1CN(C(=O)C[C@@H](C)OC2CC(F)(F)C2)CC1(C)C.N#CC(CC1CC2(CC2)NC1=O)NC=O.NC(=O)C(F)(F)F. The second kappa shape index (κ2) is 13.5. The number of alkyl halides is 5. The molecule has 10 nitrogen and oxygen atoms in total. The normalized spacial score (nSPS) is 26.2. The zero-order valence-electron chi connectivity index (χ0n) is 24.2. The van der Waals surface area contributed by atoms with Crippen LogP contribution in [-0.2, 0) is 23.9 Å². The van der Waals surface area contributed by atoms with Crippen LogP contribution in [0.4, 0.5) is 22.0 Å². The number of halogens is 5. The molecule has 2 saturated carbocycles. The van der Waals surface area contributed by atoms with Crippen molar-refractivity contribution in [2.75, 3.05) is 13.1 Å². The van der Waals surface area contributed by atoms with Crippen LogP contribution in [0.2, 0.25) is 0 Å². The van der Waals surface area contributed by atoms with E-state index in [1.54, 1.807) is 6.92 Å². The summed E-state index contributed by atoms with van der Waals surface area (Å²) in [7, 11) is 0. The molecule has 4 rings (SSSR count). The fraction of sp³-hybridized carbons (Fsp3) is 0.815. The van der Waals surface area contributed by atoms with Crippen molar-refractivity contribution in [2.45, 2.75) is 109 Å². The average molecular weight is 610 g/mol. The molecule has 4 aliphatic rings. The quantitative estimate of drug-likeness (QED) is 0.284. The van der Waals surface area contributed by atoms with Crippen molar-refractivity contribution < 1.29 is 45.9 Å². The van der Waals surface area contributed by atoms with E-state index in [0.29, 0.717) is 18.7 Å². The van der Waals surface area contributed by atoms with Gasteiger partial charge in [-0.3, -0.25) is 19.2 Å². The van der Waals surface area contributed by atoms with E-state index in [0.717, 1.165) is 32.4 Å². The summed E-state index contributed by atoms with van der Waals surface area (Å²) < 4.78 is 63.1. The van der Waals surface area contributed by atoms with Gasteiger partial charge < -0.3 is 26.0 Å². The van der Waals surface area contributed by atoms with Crippen molar-refractivity contribution in [3.63, 3.8) is 0 Å². The number of ether oxygens (including phenoxy) is 1. The molecule has 4 atom stereocenters. The van der Waals surface area contributed by atoms with Gasteiger partial charge in [-0.1, -0.05) is 20.8 Å². The van der Waals surface area contributed by atoms with Crippen molar-refractivity contribution in [1.29, 1.82) is 5.26 Å². The highest BCUT2D eigenvalue weighted by molar-refractivity contribution is 5.83. The second-order valence-electron chi connectivity index (χ2n) is 12.4. The van der Waals surface area contributed by atoms with Crippen LogP contribution in [0.25, 0.3) is 0 Å². The summed E-state index contributed by atoms with van der Waals surface area (Å²) in [6.45, 7) is 9.83. The van der Waals surface area contributed by atoms with E-state index in [4.69, 9.17) is 14.8 Å².